The number of rotatable bonds is 6. The Bertz CT molecular complexity index is 609. The molecule has 1 heterocycles. The molecule has 0 amide bonds. The largest absolute Gasteiger partial charge is 0.477 e. The Balaban J connectivity index is 2.23. The van der Waals surface area contributed by atoms with Gasteiger partial charge in [-0.3, -0.25) is 0 Å². The van der Waals surface area contributed by atoms with E-state index in [1.54, 1.807) is 12.3 Å². The van der Waals surface area contributed by atoms with Crippen LogP contribution in [0, 0.1) is 12.3 Å². The fourth-order valence-corrected chi connectivity index (χ4v) is 5.35. The summed E-state index contributed by atoms with van der Waals surface area (Å²) >= 11 is 0.951. The number of aromatic carboxylic acids is 1. The molecule has 7 heteroatoms. The van der Waals surface area contributed by atoms with Crippen LogP contribution in [0.3, 0.4) is 0 Å². The second-order valence-corrected chi connectivity index (χ2v) is 8.00. The van der Waals surface area contributed by atoms with Crippen LogP contribution >= 0.6 is 11.3 Å². The molecule has 0 aromatic carbocycles. The van der Waals surface area contributed by atoms with E-state index in [-0.39, 0.29) is 15.2 Å². The number of hydrogen-bond acceptors (Lipinski definition) is 4. The van der Waals surface area contributed by atoms with Gasteiger partial charge in [-0.05, 0) is 42.5 Å². The predicted molar refractivity (Wildman–Crippen MR) is 77.8 cm³/mol. The van der Waals surface area contributed by atoms with Crippen molar-refractivity contribution in [2.24, 2.45) is 5.41 Å². The molecule has 0 aliphatic heterocycles. The highest BCUT2D eigenvalue weighted by Crippen LogP contribution is 2.43. The molecule has 1 aromatic rings. The quantitative estimate of drug-likeness (QED) is 0.845. The van der Waals surface area contributed by atoms with Gasteiger partial charge in [-0.1, -0.05) is 13.3 Å². The number of aryl methyl sites for hydroxylation is 1. The van der Waals surface area contributed by atoms with E-state index in [1.807, 2.05) is 0 Å². The second-order valence-electron chi connectivity index (χ2n) is 5.41. The van der Waals surface area contributed by atoms with Crippen molar-refractivity contribution in [3.8, 4) is 0 Å². The molecule has 0 spiro atoms. The molecule has 0 bridgehead atoms. The first kappa shape index (κ1) is 15.5. The van der Waals surface area contributed by atoms with Gasteiger partial charge in [0.25, 0.3) is 0 Å². The van der Waals surface area contributed by atoms with Crippen molar-refractivity contribution in [2.75, 3.05) is 6.54 Å². The zero-order valence-electron chi connectivity index (χ0n) is 11.6. The zero-order valence-corrected chi connectivity index (χ0v) is 13.2. The van der Waals surface area contributed by atoms with Crippen molar-refractivity contribution in [1.82, 2.24) is 4.72 Å². The number of carboxylic acids is 1. The Morgan fingerprint density at radius 3 is 2.60 bits per heavy atom. The van der Waals surface area contributed by atoms with Gasteiger partial charge in [0.1, 0.15) is 9.77 Å². The third-order valence-corrected chi connectivity index (χ3v) is 6.99. The van der Waals surface area contributed by atoms with Gasteiger partial charge < -0.3 is 5.11 Å². The second kappa shape index (κ2) is 5.46. The first-order valence-electron chi connectivity index (χ1n) is 6.62. The molecule has 2 rings (SSSR count). The van der Waals surface area contributed by atoms with Crippen LogP contribution in [0.4, 0.5) is 0 Å². The van der Waals surface area contributed by atoms with Gasteiger partial charge in [0.15, 0.2) is 0 Å². The normalized spacial score (nSPS) is 17.7. The average molecular weight is 317 g/mol. The maximum Gasteiger partial charge on any atom is 0.347 e. The Kier molecular flexibility index (Phi) is 4.22. The van der Waals surface area contributed by atoms with Crippen LogP contribution in [0.1, 0.15) is 47.8 Å². The minimum atomic E-state index is -3.76. The number of sulfonamides is 1. The standard InChI is InChI=1S/C13H19NO4S2/c1-3-13(5-4-6-13)8-14-20(17,18)11-9(2)7-19-10(11)12(15)16/h7,14H,3-6,8H2,1-2H3,(H,15,16). The van der Waals surface area contributed by atoms with Gasteiger partial charge in [0.2, 0.25) is 10.0 Å². The fourth-order valence-electron chi connectivity index (χ4n) is 2.57. The first-order chi connectivity index (χ1) is 9.31. The Morgan fingerprint density at radius 2 is 2.15 bits per heavy atom. The molecule has 0 atom stereocenters. The molecule has 1 aliphatic carbocycles. The van der Waals surface area contributed by atoms with Gasteiger partial charge in [-0.15, -0.1) is 11.3 Å². The van der Waals surface area contributed by atoms with Gasteiger partial charge in [0.05, 0.1) is 0 Å². The van der Waals surface area contributed by atoms with E-state index in [0.29, 0.717) is 12.1 Å². The van der Waals surface area contributed by atoms with E-state index in [4.69, 9.17) is 5.11 Å². The Labute approximate surface area is 123 Å². The van der Waals surface area contributed by atoms with Crippen molar-refractivity contribution in [1.29, 1.82) is 0 Å². The number of thiophene rings is 1. The molecule has 20 heavy (non-hydrogen) atoms. The van der Waals surface area contributed by atoms with E-state index >= 15 is 0 Å². The van der Waals surface area contributed by atoms with E-state index in [2.05, 4.69) is 11.6 Å². The van der Waals surface area contributed by atoms with Crippen molar-refractivity contribution in [3.63, 3.8) is 0 Å². The molecule has 1 aromatic heterocycles. The van der Waals surface area contributed by atoms with Crippen molar-refractivity contribution < 1.29 is 18.3 Å². The lowest BCUT2D eigenvalue weighted by Gasteiger charge is -2.41. The molecule has 1 saturated carbocycles. The highest BCUT2D eigenvalue weighted by Gasteiger charge is 2.37. The fraction of sp³-hybridized carbons (Fsp3) is 0.615. The van der Waals surface area contributed by atoms with Crippen molar-refractivity contribution in [2.45, 2.75) is 44.4 Å². The lowest BCUT2D eigenvalue weighted by molar-refractivity contribution is 0.0698. The van der Waals surface area contributed by atoms with Crippen molar-refractivity contribution in [3.05, 3.63) is 15.8 Å². The molecule has 112 valence electrons. The van der Waals surface area contributed by atoms with Crippen LogP contribution in [0.5, 0.6) is 0 Å². The van der Waals surface area contributed by atoms with Gasteiger partial charge in [-0.2, -0.15) is 0 Å². The number of carbonyl (C=O) groups is 1. The SMILES string of the molecule is CCC1(CNS(=O)(=O)c2c(C)csc2C(=O)O)CCC1. The molecule has 2 N–H and O–H groups in total. The Morgan fingerprint density at radius 1 is 1.50 bits per heavy atom. The van der Waals surface area contributed by atoms with E-state index in [0.717, 1.165) is 37.0 Å². The van der Waals surface area contributed by atoms with Crippen LogP contribution < -0.4 is 4.72 Å². The minimum absolute atomic E-state index is 0.0559. The molecule has 0 radical (unpaired) electrons. The first-order valence-corrected chi connectivity index (χ1v) is 8.99. The summed E-state index contributed by atoms with van der Waals surface area (Å²) in [7, 11) is -3.76. The summed E-state index contributed by atoms with van der Waals surface area (Å²) in [4.78, 5) is 10.9. The van der Waals surface area contributed by atoms with E-state index in [9.17, 15) is 13.2 Å². The lowest BCUT2D eigenvalue weighted by Crippen LogP contribution is -2.41. The maximum absolute atomic E-state index is 12.4. The van der Waals surface area contributed by atoms with Gasteiger partial charge in [0, 0.05) is 6.54 Å². The topological polar surface area (TPSA) is 83.5 Å². The molecular formula is C13H19NO4S2. The summed E-state index contributed by atoms with van der Waals surface area (Å²) in [6, 6.07) is 0. The molecular weight excluding hydrogens is 298 g/mol. The Hall–Kier alpha value is -0.920. The number of hydrogen-bond donors (Lipinski definition) is 2. The zero-order chi connectivity index (χ0) is 15.0. The molecule has 1 aliphatic rings. The summed E-state index contributed by atoms with van der Waals surface area (Å²) in [5.41, 5.74) is 0.541. The molecule has 0 unspecified atom stereocenters. The van der Waals surface area contributed by atoms with Crippen molar-refractivity contribution >= 4 is 27.3 Å². The molecule has 5 nitrogen and oxygen atoms in total. The number of carboxylic acid groups (broad SMARTS) is 1. The molecule has 1 fully saturated rings. The minimum Gasteiger partial charge on any atom is -0.477 e. The average Bonchev–Trinajstić information content (AvgIpc) is 2.71. The predicted octanol–water partition coefficient (Wildman–Crippen LogP) is 2.61. The van der Waals surface area contributed by atoms with Gasteiger partial charge in [-0.25, -0.2) is 17.9 Å². The summed E-state index contributed by atoms with van der Waals surface area (Å²) in [5, 5.41) is 10.7. The smallest absolute Gasteiger partial charge is 0.347 e. The van der Waals surface area contributed by atoms with Crippen LogP contribution in [0.2, 0.25) is 0 Å². The summed E-state index contributed by atoms with van der Waals surface area (Å²) < 4.78 is 27.4. The van der Waals surface area contributed by atoms with Crippen LogP contribution in [0.15, 0.2) is 10.3 Å². The molecule has 0 saturated heterocycles. The highest BCUT2D eigenvalue weighted by atomic mass is 32.2. The monoisotopic (exact) mass is 317 g/mol. The third kappa shape index (κ3) is 2.75. The van der Waals surface area contributed by atoms with Crippen LogP contribution in [0.25, 0.3) is 0 Å². The lowest BCUT2D eigenvalue weighted by atomic mass is 9.67. The summed E-state index contributed by atoms with van der Waals surface area (Å²) in [5.74, 6) is -1.20. The maximum atomic E-state index is 12.4. The highest BCUT2D eigenvalue weighted by molar-refractivity contribution is 7.89. The van der Waals surface area contributed by atoms with E-state index < -0.39 is 16.0 Å². The summed E-state index contributed by atoms with van der Waals surface area (Å²) in [6.07, 6.45) is 4.12. The van der Waals surface area contributed by atoms with Gasteiger partial charge >= 0.3 is 5.97 Å². The third-order valence-electron chi connectivity index (χ3n) is 4.18. The van der Waals surface area contributed by atoms with Crippen LogP contribution in [-0.4, -0.2) is 26.0 Å². The number of nitrogens with one attached hydrogen (secondary N) is 1. The summed E-state index contributed by atoms with van der Waals surface area (Å²) in [6.45, 7) is 4.07. The van der Waals surface area contributed by atoms with E-state index in [1.165, 1.54) is 0 Å². The van der Waals surface area contributed by atoms with Crippen LogP contribution in [-0.2, 0) is 10.0 Å².